The third-order valence-electron chi connectivity index (χ3n) is 1.58. The highest BCUT2D eigenvalue weighted by atomic mass is 16.5. The van der Waals surface area contributed by atoms with E-state index in [9.17, 15) is 0 Å². The molecule has 1 aromatic rings. The van der Waals surface area contributed by atoms with Gasteiger partial charge in [0.05, 0.1) is 6.54 Å². The molecule has 2 rings (SSSR count). The number of nitrogens with zero attached hydrogens (tertiary/aromatic N) is 2. The van der Waals surface area contributed by atoms with Crippen LogP contribution >= 0.6 is 0 Å². The van der Waals surface area contributed by atoms with Gasteiger partial charge in [0.2, 0.25) is 0 Å². The first-order valence-electron chi connectivity index (χ1n) is 3.72. The van der Waals surface area contributed by atoms with E-state index in [1.165, 1.54) is 6.40 Å². The van der Waals surface area contributed by atoms with Crippen molar-refractivity contribution < 1.29 is 4.74 Å². The van der Waals surface area contributed by atoms with Gasteiger partial charge in [-0.25, -0.2) is 0 Å². The summed E-state index contributed by atoms with van der Waals surface area (Å²) in [6.07, 6.45) is 6.89. The Bertz CT molecular complexity index is 317. The Morgan fingerprint density at radius 3 is 3.08 bits per heavy atom. The topological polar surface area (TPSA) is 34.5 Å². The van der Waals surface area contributed by atoms with E-state index in [-0.39, 0.29) is 0 Å². The molecule has 1 aromatic heterocycles. The van der Waals surface area contributed by atoms with E-state index in [0.717, 1.165) is 11.3 Å². The second-order valence-electron chi connectivity index (χ2n) is 2.40. The summed E-state index contributed by atoms with van der Waals surface area (Å²) in [5.41, 5.74) is 0.989. The molecule has 0 bridgehead atoms. The molecule has 0 atom stereocenters. The molecule has 0 amide bonds. The van der Waals surface area contributed by atoms with Crippen molar-refractivity contribution >= 4 is 12.2 Å². The maximum Gasteiger partial charge on any atom is 0.176 e. The molecule has 12 heavy (non-hydrogen) atoms. The van der Waals surface area contributed by atoms with Gasteiger partial charge in [-0.05, 0) is 18.2 Å². The number of hydrogen-bond acceptors (Lipinski definition) is 3. The molecule has 60 valence electrons. The highest BCUT2D eigenvalue weighted by Gasteiger charge is 2.02. The number of aromatic nitrogens is 1. The summed E-state index contributed by atoms with van der Waals surface area (Å²) < 4.78 is 5.19. The smallest absolute Gasteiger partial charge is 0.176 e. The number of ether oxygens (including phenoxy) is 1. The van der Waals surface area contributed by atoms with Gasteiger partial charge in [-0.3, -0.25) is 9.98 Å². The maximum atomic E-state index is 5.19. The van der Waals surface area contributed by atoms with Gasteiger partial charge in [0.25, 0.3) is 0 Å². The molecule has 0 N–H and O–H groups in total. The summed E-state index contributed by atoms with van der Waals surface area (Å²) in [6, 6.07) is 3.84. The Hall–Kier alpha value is -1.64. The largest absolute Gasteiger partial charge is 0.446 e. The fourth-order valence-corrected chi connectivity index (χ4v) is 1.02. The van der Waals surface area contributed by atoms with Crippen molar-refractivity contribution in [1.29, 1.82) is 0 Å². The van der Waals surface area contributed by atoms with Crippen molar-refractivity contribution in [2.45, 2.75) is 0 Å². The first-order valence-corrected chi connectivity index (χ1v) is 3.72. The minimum atomic E-state index is 0.685. The molecule has 1 aliphatic heterocycles. The molecule has 0 saturated carbocycles. The lowest BCUT2D eigenvalue weighted by Crippen LogP contribution is -1.97. The summed E-state index contributed by atoms with van der Waals surface area (Å²) in [6.45, 7) is 0.685. The molecule has 0 fully saturated rings. The third kappa shape index (κ3) is 1.34. The standard InChI is InChI=1S/C9H8N2O/c1-2-8(6-10-4-1)9-3-5-11-7-12-9/h1-4,6-7H,5H2. The summed E-state index contributed by atoms with van der Waals surface area (Å²) in [5.74, 6) is 0.832. The van der Waals surface area contributed by atoms with E-state index in [1.807, 2.05) is 18.2 Å². The SMILES string of the molecule is C1=NCC=C(c2cccnc2)O1. The van der Waals surface area contributed by atoms with Crippen LogP contribution in [-0.2, 0) is 4.74 Å². The van der Waals surface area contributed by atoms with Gasteiger partial charge in [-0.2, -0.15) is 0 Å². The third-order valence-corrected chi connectivity index (χ3v) is 1.58. The molecule has 0 unspecified atom stereocenters. The summed E-state index contributed by atoms with van der Waals surface area (Å²) in [7, 11) is 0. The zero-order valence-corrected chi connectivity index (χ0v) is 6.47. The van der Waals surface area contributed by atoms with Crippen LogP contribution in [0, 0.1) is 0 Å². The zero-order chi connectivity index (χ0) is 8.23. The molecule has 3 heteroatoms. The summed E-state index contributed by atoms with van der Waals surface area (Å²) >= 11 is 0. The van der Waals surface area contributed by atoms with Gasteiger partial charge in [-0.15, -0.1) is 0 Å². The van der Waals surface area contributed by atoms with E-state index in [0.29, 0.717) is 6.54 Å². The quantitative estimate of drug-likeness (QED) is 0.623. The molecule has 2 heterocycles. The van der Waals surface area contributed by atoms with Crippen molar-refractivity contribution in [3.63, 3.8) is 0 Å². The predicted molar refractivity (Wildman–Crippen MR) is 46.7 cm³/mol. The number of hydrogen-bond donors (Lipinski definition) is 0. The first kappa shape index (κ1) is 7.03. The Morgan fingerprint density at radius 1 is 1.42 bits per heavy atom. The maximum absolute atomic E-state index is 5.19. The highest BCUT2D eigenvalue weighted by Crippen LogP contribution is 2.14. The van der Waals surface area contributed by atoms with Gasteiger partial charge in [0, 0.05) is 18.0 Å². The molecule has 0 aliphatic carbocycles. The van der Waals surface area contributed by atoms with Crippen LogP contribution in [0.5, 0.6) is 0 Å². The van der Waals surface area contributed by atoms with Gasteiger partial charge >= 0.3 is 0 Å². The lowest BCUT2D eigenvalue weighted by atomic mass is 10.2. The van der Waals surface area contributed by atoms with Crippen LogP contribution in [0.3, 0.4) is 0 Å². The van der Waals surface area contributed by atoms with Crippen LogP contribution in [0.4, 0.5) is 0 Å². The van der Waals surface area contributed by atoms with Crippen molar-refractivity contribution in [2.75, 3.05) is 6.54 Å². The minimum Gasteiger partial charge on any atom is -0.446 e. The van der Waals surface area contributed by atoms with Gasteiger partial charge in [-0.1, -0.05) is 0 Å². The second kappa shape index (κ2) is 3.17. The van der Waals surface area contributed by atoms with E-state index in [2.05, 4.69) is 9.98 Å². The Labute approximate surface area is 70.4 Å². The molecule has 0 saturated heterocycles. The molecular formula is C9H8N2O. The van der Waals surface area contributed by atoms with Crippen LogP contribution in [0.15, 0.2) is 35.6 Å². The average Bonchev–Trinajstić information content (AvgIpc) is 2.21. The Kier molecular flexibility index (Phi) is 1.86. The van der Waals surface area contributed by atoms with Crippen molar-refractivity contribution in [1.82, 2.24) is 4.98 Å². The van der Waals surface area contributed by atoms with E-state index in [1.54, 1.807) is 12.4 Å². The van der Waals surface area contributed by atoms with Crippen LogP contribution in [-0.4, -0.2) is 17.9 Å². The lowest BCUT2D eigenvalue weighted by molar-refractivity contribution is 0.518. The molecule has 1 aliphatic rings. The van der Waals surface area contributed by atoms with Gasteiger partial charge in [0.1, 0.15) is 5.76 Å². The molecule has 3 nitrogen and oxygen atoms in total. The van der Waals surface area contributed by atoms with Crippen molar-refractivity contribution in [3.8, 4) is 0 Å². The van der Waals surface area contributed by atoms with Gasteiger partial charge < -0.3 is 4.74 Å². The number of pyridine rings is 1. The summed E-state index contributed by atoms with van der Waals surface area (Å²) in [4.78, 5) is 7.90. The van der Waals surface area contributed by atoms with Crippen LogP contribution in [0.2, 0.25) is 0 Å². The van der Waals surface area contributed by atoms with Crippen LogP contribution in [0.1, 0.15) is 5.56 Å². The lowest BCUT2D eigenvalue weighted by Gasteiger charge is -2.07. The fraction of sp³-hybridized carbons (Fsp3) is 0.111. The van der Waals surface area contributed by atoms with Gasteiger partial charge in [0.15, 0.2) is 6.40 Å². The monoisotopic (exact) mass is 160 g/mol. The molecule has 0 radical (unpaired) electrons. The fourth-order valence-electron chi connectivity index (χ4n) is 1.02. The van der Waals surface area contributed by atoms with Crippen LogP contribution < -0.4 is 0 Å². The average molecular weight is 160 g/mol. The van der Waals surface area contributed by atoms with Crippen LogP contribution in [0.25, 0.3) is 5.76 Å². The Morgan fingerprint density at radius 2 is 2.42 bits per heavy atom. The molecule has 0 aromatic carbocycles. The highest BCUT2D eigenvalue weighted by molar-refractivity contribution is 5.69. The summed E-state index contributed by atoms with van der Waals surface area (Å²) in [5, 5.41) is 0. The first-order chi connectivity index (χ1) is 5.97. The predicted octanol–water partition coefficient (Wildman–Crippen LogP) is 1.48. The molecule has 0 spiro atoms. The molecular weight excluding hydrogens is 152 g/mol. The van der Waals surface area contributed by atoms with E-state index in [4.69, 9.17) is 4.74 Å². The minimum absolute atomic E-state index is 0.685. The van der Waals surface area contributed by atoms with Crippen molar-refractivity contribution in [2.24, 2.45) is 4.99 Å². The van der Waals surface area contributed by atoms with Crippen molar-refractivity contribution in [3.05, 3.63) is 36.2 Å². The van der Waals surface area contributed by atoms with E-state index >= 15 is 0 Å². The second-order valence-corrected chi connectivity index (χ2v) is 2.40. The zero-order valence-electron chi connectivity index (χ0n) is 6.47. The Balaban J connectivity index is 2.26. The number of aliphatic imine (C=N–C) groups is 1. The van der Waals surface area contributed by atoms with E-state index < -0.39 is 0 Å². The normalized spacial score (nSPS) is 15.2. The number of rotatable bonds is 1.